The van der Waals surface area contributed by atoms with Crippen molar-refractivity contribution in [2.75, 3.05) is 20.1 Å². The summed E-state index contributed by atoms with van der Waals surface area (Å²) in [6.07, 6.45) is 1.23. The molecule has 0 spiro atoms. The second kappa shape index (κ2) is 4.58. The Balaban J connectivity index is 2.35. The van der Waals surface area contributed by atoms with Gasteiger partial charge in [-0.3, -0.25) is 14.5 Å². The number of imide groups is 1. The highest BCUT2D eigenvalue weighted by molar-refractivity contribution is 7.89. The zero-order valence-corrected chi connectivity index (χ0v) is 11.8. The van der Waals surface area contributed by atoms with Gasteiger partial charge in [-0.1, -0.05) is 0 Å². The normalized spacial score (nSPS) is 18.2. The van der Waals surface area contributed by atoms with E-state index in [0.29, 0.717) is 0 Å². The molecular weight excluding hydrogens is 296 g/mol. The van der Waals surface area contributed by atoms with Gasteiger partial charge >= 0.3 is 0 Å². The second-order valence-corrected chi connectivity index (χ2v) is 6.30. The topological polar surface area (TPSA) is 92.6 Å². The molecule has 1 aliphatic rings. The predicted octanol–water partition coefficient (Wildman–Crippen LogP) is -0.937. The first-order valence-corrected chi connectivity index (χ1v) is 7.03. The maximum absolute atomic E-state index is 12.2. The fourth-order valence-corrected chi connectivity index (χ4v) is 3.06. The Kier molecular flexibility index (Phi) is 3.37. The van der Waals surface area contributed by atoms with Gasteiger partial charge in [0.2, 0.25) is 17.1 Å². The van der Waals surface area contributed by atoms with Crippen LogP contribution in [0.1, 0.15) is 0 Å². The molecule has 2 amide bonds. The average Bonchev–Trinajstić information content (AvgIpc) is 2.66. The van der Waals surface area contributed by atoms with Crippen LogP contribution in [-0.4, -0.2) is 59.1 Å². The van der Waals surface area contributed by atoms with E-state index >= 15 is 0 Å². The number of sulfonamides is 1. The van der Waals surface area contributed by atoms with Crippen molar-refractivity contribution in [3.63, 3.8) is 0 Å². The van der Waals surface area contributed by atoms with Crippen molar-refractivity contribution in [2.45, 2.75) is 5.03 Å². The van der Waals surface area contributed by atoms with Crippen LogP contribution in [0.15, 0.2) is 11.2 Å². The van der Waals surface area contributed by atoms with E-state index in [2.05, 4.69) is 4.98 Å². The molecule has 0 atom stereocenters. The van der Waals surface area contributed by atoms with E-state index in [1.54, 1.807) is 0 Å². The molecule has 0 unspecified atom stereocenters. The van der Waals surface area contributed by atoms with Crippen molar-refractivity contribution < 1.29 is 18.0 Å². The Morgan fingerprint density at radius 3 is 2.16 bits per heavy atom. The van der Waals surface area contributed by atoms with Gasteiger partial charge in [-0.05, 0) is 11.6 Å². The molecule has 10 heteroatoms. The number of amides is 2. The molecule has 0 N–H and O–H groups in total. The van der Waals surface area contributed by atoms with Crippen LogP contribution in [0.3, 0.4) is 0 Å². The summed E-state index contributed by atoms with van der Waals surface area (Å²) in [6, 6.07) is 0. The molecule has 1 saturated heterocycles. The molecule has 19 heavy (non-hydrogen) atoms. The Labute approximate surface area is 114 Å². The van der Waals surface area contributed by atoms with Gasteiger partial charge in [0.05, 0.1) is 13.1 Å². The summed E-state index contributed by atoms with van der Waals surface area (Å²) < 4.78 is 26.6. The highest BCUT2D eigenvalue weighted by atomic mass is 35.5. The van der Waals surface area contributed by atoms with Gasteiger partial charge in [0.1, 0.15) is 0 Å². The zero-order chi connectivity index (χ0) is 14.4. The number of hydrogen-bond acceptors (Lipinski definition) is 5. The zero-order valence-electron chi connectivity index (χ0n) is 10.2. The number of carbonyl (C=O) groups is 2. The SMILES string of the molecule is CN1C(=O)CN(S(=O)(=O)c2cn(C)c(Cl)n2)CC1=O. The number of nitrogens with zero attached hydrogens (tertiary/aromatic N) is 4. The van der Waals surface area contributed by atoms with Gasteiger partial charge in [-0.2, -0.15) is 4.31 Å². The number of carbonyl (C=O) groups excluding carboxylic acids is 2. The molecule has 104 valence electrons. The van der Waals surface area contributed by atoms with Gasteiger partial charge in [0.25, 0.3) is 10.0 Å². The minimum atomic E-state index is -4.00. The lowest BCUT2D eigenvalue weighted by molar-refractivity contribution is -0.147. The van der Waals surface area contributed by atoms with E-state index in [1.807, 2.05) is 0 Å². The minimum Gasteiger partial charge on any atom is -0.323 e. The average molecular weight is 307 g/mol. The molecule has 0 aliphatic carbocycles. The van der Waals surface area contributed by atoms with Crippen molar-refractivity contribution in [2.24, 2.45) is 7.05 Å². The number of piperazine rings is 1. The molecule has 0 aromatic carbocycles. The smallest absolute Gasteiger partial charge is 0.263 e. The molecule has 1 aliphatic heterocycles. The number of hydrogen-bond donors (Lipinski definition) is 0. The maximum atomic E-state index is 12.2. The molecule has 2 rings (SSSR count). The summed E-state index contributed by atoms with van der Waals surface area (Å²) in [5.41, 5.74) is 0. The van der Waals surface area contributed by atoms with Crippen molar-refractivity contribution >= 4 is 33.4 Å². The molecule has 0 bridgehead atoms. The number of rotatable bonds is 2. The van der Waals surface area contributed by atoms with Crippen LogP contribution in [0.2, 0.25) is 5.28 Å². The van der Waals surface area contributed by atoms with Gasteiger partial charge < -0.3 is 4.57 Å². The van der Waals surface area contributed by atoms with Crippen LogP contribution < -0.4 is 0 Å². The third kappa shape index (κ3) is 2.36. The standard InChI is InChI=1S/C9H11ClN4O4S/c1-12-3-6(11-9(12)10)19(17,18)14-4-7(15)13(2)8(16)5-14/h3H,4-5H2,1-2H3. The Bertz CT molecular complexity index is 616. The van der Waals surface area contributed by atoms with Crippen LogP contribution in [-0.2, 0) is 26.7 Å². The highest BCUT2D eigenvalue weighted by Gasteiger charge is 2.37. The lowest BCUT2D eigenvalue weighted by Gasteiger charge is -2.28. The molecule has 0 saturated carbocycles. The molecule has 1 aromatic heterocycles. The van der Waals surface area contributed by atoms with Crippen molar-refractivity contribution in [1.82, 2.24) is 18.8 Å². The highest BCUT2D eigenvalue weighted by Crippen LogP contribution is 2.19. The van der Waals surface area contributed by atoms with Gasteiger partial charge in [0, 0.05) is 20.3 Å². The van der Waals surface area contributed by atoms with Crippen LogP contribution in [0.25, 0.3) is 0 Å². The van der Waals surface area contributed by atoms with E-state index < -0.39 is 34.9 Å². The first-order chi connectivity index (χ1) is 8.73. The van der Waals surface area contributed by atoms with Crippen molar-refractivity contribution in [3.05, 3.63) is 11.5 Å². The number of aryl methyl sites for hydroxylation is 1. The van der Waals surface area contributed by atoms with Crippen molar-refractivity contribution in [1.29, 1.82) is 0 Å². The van der Waals surface area contributed by atoms with Crippen LogP contribution in [0.4, 0.5) is 0 Å². The number of aromatic nitrogens is 2. The number of halogens is 1. The first-order valence-electron chi connectivity index (χ1n) is 5.22. The number of likely N-dealkylation sites (N-methyl/N-ethyl adjacent to an activating group) is 1. The molecular formula is C9H11ClN4O4S. The van der Waals surface area contributed by atoms with E-state index in [9.17, 15) is 18.0 Å². The molecule has 2 heterocycles. The van der Waals surface area contributed by atoms with Crippen LogP contribution >= 0.6 is 11.6 Å². The second-order valence-electron chi connectivity index (χ2n) is 4.08. The van der Waals surface area contributed by atoms with Gasteiger partial charge in [0.15, 0.2) is 5.03 Å². The Morgan fingerprint density at radius 1 is 1.21 bits per heavy atom. The quantitative estimate of drug-likeness (QED) is 0.658. The summed E-state index contributed by atoms with van der Waals surface area (Å²) in [7, 11) is -1.16. The Morgan fingerprint density at radius 2 is 1.74 bits per heavy atom. The van der Waals surface area contributed by atoms with Crippen molar-refractivity contribution in [3.8, 4) is 0 Å². The number of imidazole rings is 1. The monoisotopic (exact) mass is 306 g/mol. The van der Waals surface area contributed by atoms with E-state index in [0.717, 1.165) is 9.21 Å². The van der Waals surface area contributed by atoms with Gasteiger partial charge in [-0.15, -0.1) is 0 Å². The fraction of sp³-hybridized carbons (Fsp3) is 0.444. The molecule has 0 radical (unpaired) electrons. The molecule has 1 fully saturated rings. The van der Waals surface area contributed by atoms with E-state index in [1.165, 1.54) is 24.9 Å². The fourth-order valence-electron chi connectivity index (χ4n) is 1.55. The lowest BCUT2D eigenvalue weighted by atomic mass is 10.4. The summed E-state index contributed by atoms with van der Waals surface area (Å²) in [4.78, 5) is 27.6. The summed E-state index contributed by atoms with van der Waals surface area (Å²) in [5.74, 6) is -1.16. The predicted molar refractivity (Wildman–Crippen MR) is 64.8 cm³/mol. The third-order valence-corrected chi connectivity index (χ3v) is 4.79. The maximum Gasteiger partial charge on any atom is 0.263 e. The van der Waals surface area contributed by atoms with Crippen LogP contribution in [0, 0.1) is 0 Å². The third-order valence-electron chi connectivity index (χ3n) is 2.77. The van der Waals surface area contributed by atoms with E-state index in [4.69, 9.17) is 11.6 Å². The lowest BCUT2D eigenvalue weighted by Crippen LogP contribution is -2.53. The Hall–Kier alpha value is -1.45. The molecule has 8 nitrogen and oxygen atoms in total. The van der Waals surface area contributed by atoms with Gasteiger partial charge in [-0.25, -0.2) is 13.4 Å². The van der Waals surface area contributed by atoms with E-state index in [-0.39, 0.29) is 10.3 Å². The molecule has 1 aromatic rings. The largest absolute Gasteiger partial charge is 0.323 e. The van der Waals surface area contributed by atoms with Crippen LogP contribution in [0.5, 0.6) is 0 Å². The minimum absolute atomic E-state index is 0.00496. The summed E-state index contributed by atoms with van der Waals surface area (Å²) >= 11 is 5.68. The first kappa shape index (κ1) is 14.0. The summed E-state index contributed by atoms with van der Waals surface area (Å²) in [5, 5.41) is -0.282. The summed E-state index contributed by atoms with van der Waals surface area (Å²) in [6.45, 7) is -0.780.